The molecule has 7 nitrogen and oxygen atoms in total. The number of hydrogen-bond acceptors (Lipinski definition) is 5. The van der Waals surface area contributed by atoms with Crippen LogP contribution in [0.3, 0.4) is 0 Å². The van der Waals surface area contributed by atoms with E-state index in [0.29, 0.717) is 6.54 Å². The molecule has 2 aliphatic rings. The Labute approximate surface area is 143 Å². The Morgan fingerprint density at radius 2 is 2.04 bits per heavy atom. The lowest BCUT2D eigenvalue weighted by atomic mass is 10.2. The highest BCUT2D eigenvalue weighted by atomic mass is 16.5. The van der Waals surface area contributed by atoms with Crippen LogP contribution in [0.15, 0.2) is 18.3 Å². The molecule has 0 radical (unpaired) electrons. The van der Waals surface area contributed by atoms with E-state index < -0.39 is 0 Å². The van der Waals surface area contributed by atoms with Gasteiger partial charge >= 0.3 is 6.03 Å². The third-order valence-electron chi connectivity index (χ3n) is 4.60. The topological polar surface area (TPSA) is 60.9 Å². The number of rotatable bonds is 3. The SMILES string of the molecule is CN1CCCN(C(=O)NCc2ccnc(N3CCOCC3)c2)CC1. The van der Waals surface area contributed by atoms with E-state index in [9.17, 15) is 4.79 Å². The van der Waals surface area contributed by atoms with Gasteiger partial charge in [0.25, 0.3) is 0 Å². The molecule has 2 aliphatic heterocycles. The molecule has 1 N–H and O–H groups in total. The number of morpholine rings is 1. The van der Waals surface area contributed by atoms with Crippen molar-refractivity contribution in [3.63, 3.8) is 0 Å². The van der Waals surface area contributed by atoms with E-state index in [2.05, 4.69) is 33.2 Å². The number of urea groups is 1. The predicted molar refractivity (Wildman–Crippen MR) is 93.2 cm³/mol. The van der Waals surface area contributed by atoms with Crippen LogP contribution in [-0.4, -0.2) is 80.3 Å². The summed E-state index contributed by atoms with van der Waals surface area (Å²) in [6.45, 7) is 7.35. The van der Waals surface area contributed by atoms with Crippen molar-refractivity contribution in [1.29, 1.82) is 0 Å². The Hall–Kier alpha value is -1.86. The molecule has 0 aliphatic carbocycles. The fraction of sp³-hybridized carbons (Fsp3) is 0.647. The average Bonchev–Trinajstić information content (AvgIpc) is 2.85. The van der Waals surface area contributed by atoms with Crippen LogP contribution in [0.25, 0.3) is 0 Å². The van der Waals surface area contributed by atoms with Crippen molar-refractivity contribution < 1.29 is 9.53 Å². The van der Waals surface area contributed by atoms with Gasteiger partial charge in [-0.3, -0.25) is 0 Å². The molecule has 0 atom stereocenters. The maximum Gasteiger partial charge on any atom is 0.317 e. The number of anilines is 1. The van der Waals surface area contributed by atoms with Crippen LogP contribution in [0.5, 0.6) is 0 Å². The van der Waals surface area contributed by atoms with Gasteiger partial charge in [0.2, 0.25) is 0 Å². The monoisotopic (exact) mass is 333 g/mol. The minimum absolute atomic E-state index is 0.0232. The lowest BCUT2D eigenvalue weighted by Crippen LogP contribution is -2.41. The minimum atomic E-state index is 0.0232. The Balaban J connectivity index is 1.53. The Morgan fingerprint density at radius 3 is 2.88 bits per heavy atom. The molecule has 24 heavy (non-hydrogen) atoms. The number of aromatic nitrogens is 1. The normalized spacial score (nSPS) is 19.9. The number of ether oxygens (including phenoxy) is 1. The maximum absolute atomic E-state index is 12.4. The van der Waals surface area contributed by atoms with Gasteiger partial charge in [-0.15, -0.1) is 0 Å². The fourth-order valence-corrected chi connectivity index (χ4v) is 3.08. The second-order valence-corrected chi connectivity index (χ2v) is 6.42. The second kappa shape index (κ2) is 8.30. The van der Waals surface area contributed by atoms with Gasteiger partial charge in [0.1, 0.15) is 5.82 Å². The highest BCUT2D eigenvalue weighted by Crippen LogP contribution is 2.14. The van der Waals surface area contributed by atoms with Crippen molar-refractivity contribution in [2.75, 3.05) is 64.4 Å². The first kappa shape index (κ1) is 17.0. The Morgan fingerprint density at radius 1 is 1.21 bits per heavy atom. The molecule has 0 saturated carbocycles. The highest BCUT2D eigenvalue weighted by Gasteiger charge is 2.17. The summed E-state index contributed by atoms with van der Waals surface area (Å²) in [5.41, 5.74) is 1.08. The molecule has 132 valence electrons. The Kier molecular flexibility index (Phi) is 5.87. The second-order valence-electron chi connectivity index (χ2n) is 6.42. The highest BCUT2D eigenvalue weighted by molar-refractivity contribution is 5.74. The number of nitrogens with one attached hydrogen (secondary N) is 1. The van der Waals surface area contributed by atoms with Gasteiger partial charge in [0, 0.05) is 45.5 Å². The van der Waals surface area contributed by atoms with Crippen LogP contribution in [0.2, 0.25) is 0 Å². The molecule has 2 amide bonds. The van der Waals surface area contributed by atoms with Crippen LogP contribution in [0.4, 0.5) is 10.6 Å². The van der Waals surface area contributed by atoms with E-state index in [-0.39, 0.29) is 6.03 Å². The third-order valence-corrected chi connectivity index (χ3v) is 4.60. The summed E-state index contributed by atoms with van der Waals surface area (Å²) in [5, 5.41) is 3.04. The zero-order chi connectivity index (χ0) is 16.8. The van der Waals surface area contributed by atoms with Crippen molar-refractivity contribution in [2.24, 2.45) is 0 Å². The van der Waals surface area contributed by atoms with Crippen LogP contribution in [0.1, 0.15) is 12.0 Å². The van der Waals surface area contributed by atoms with E-state index in [1.165, 1.54) is 0 Å². The van der Waals surface area contributed by atoms with Crippen molar-refractivity contribution in [2.45, 2.75) is 13.0 Å². The van der Waals surface area contributed by atoms with E-state index in [1.807, 2.05) is 17.2 Å². The number of likely N-dealkylation sites (N-methyl/N-ethyl adjacent to an activating group) is 1. The predicted octanol–water partition coefficient (Wildman–Crippen LogP) is 0.765. The smallest absolute Gasteiger partial charge is 0.317 e. The summed E-state index contributed by atoms with van der Waals surface area (Å²) in [7, 11) is 2.10. The first-order valence-electron chi connectivity index (χ1n) is 8.71. The maximum atomic E-state index is 12.4. The molecule has 1 aromatic rings. The summed E-state index contributed by atoms with van der Waals surface area (Å²) >= 11 is 0. The molecule has 0 aromatic carbocycles. The van der Waals surface area contributed by atoms with Crippen LogP contribution in [0, 0.1) is 0 Å². The molecule has 2 saturated heterocycles. The van der Waals surface area contributed by atoms with Crippen molar-refractivity contribution in [3.05, 3.63) is 23.9 Å². The number of nitrogens with zero attached hydrogens (tertiary/aromatic N) is 4. The largest absolute Gasteiger partial charge is 0.378 e. The van der Waals surface area contributed by atoms with E-state index in [0.717, 1.165) is 70.3 Å². The molecular weight excluding hydrogens is 306 g/mol. The summed E-state index contributed by atoms with van der Waals surface area (Å²) in [6, 6.07) is 4.04. The van der Waals surface area contributed by atoms with Gasteiger partial charge in [0.05, 0.1) is 13.2 Å². The number of hydrogen-bond donors (Lipinski definition) is 1. The number of pyridine rings is 1. The standard InChI is InChI=1S/C17H27N5O2/c1-20-5-2-6-22(8-7-20)17(23)19-14-15-3-4-18-16(13-15)21-9-11-24-12-10-21/h3-4,13H,2,5-12,14H2,1H3,(H,19,23). The van der Waals surface area contributed by atoms with Gasteiger partial charge in [-0.05, 0) is 37.7 Å². The Bertz CT molecular complexity index is 548. The van der Waals surface area contributed by atoms with Gasteiger partial charge in [-0.1, -0.05) is 0 Å². The van der Waals surface area contributed by atoms with E-state index in [4.69, 9.17) is 4.74 Å². The molecule has 3 heterocycles. The fourth-order valence-electron chi connectivity index (χ4n) is 3.08. The van der Waals surface area contributed by atoms with Crippen LogP contribution < -0.4 is 10.2 Å². The van der Waals surface area contributed by atoms with Crippen LogP contribution >= 0.6 is 0 Å². The molecule has 0 unspecified atom stereocenters. The molecule has 3 rings (SSSR count). The van der Waals surface area contributed by atoms with E-state index >= 15 is 0 Å². The summed E-state index contributed by atoms with van der Waals surface area (Å²) in [4.78, 5) is 23.2. The molecule has 0 spiro atoms. The van der Waals surface area contributed by atoms with Gasteiger partial charge in [0.15, 0.2) is 0 Å². The van der Waals surface area contributed by atoms with Gasteiger partial charge in [-0.2, -0.15) is 0 Å². The summed E-state index contributed by atoms with van der Waals surface area (Å²) in [5.74, 6) is 0.960. The van der Waals surface area contributed by atoms with Gasteiger partial charge in [-0.25, -0.2) is 9.78 Å². The van der Waals surface area contributed by atoms with Crippen LogP contribution in [-0.2, 0) is 11.3 Å². The van der Waals surface area contributed by atoms with Crippen molar-refractivity contribution in [3.8, 4) is 0 Å². The molecule has 0 bridgehead atoms. The molecule has 1 aromatic heterocycles. The number of carbonyl (C=O) groups excluding carboxylic acids is 1. The summed E-state index contributed by atoms with van der Waals surface area (Å²) < 4.78 is 5.38. The first-order valence-corrected chi connectivity index (χ1v) is 8.71. The molecule has 2 fully saturated rings. The number of carbonyl (C=O) groups is 1. The molecule has 7 heteroatoms. The average molecular weight is 333 g/mol. The third kappa shape index (κ3) is 4.58. The van der Waals surface area contributed by atoms with Crippen molar-refractivity contribution >= 4 is 11.8 Å². The lowest BCUT2D eigenvalue weighted by molar-refractivity contribution is 0.122. The quantitative estimate of drug-likeness (QED) is 0.885. The first-order chi connectivity index (χ1) is 11.7. The zero-order valence-corrected chi connectivity index (χ0v) is 14.4. The number of amides is 2. The lowest BCUT2D eigenvalue weighted by Gasteiger charge is -2.28. The summed E-state index contributed by atoms with van der Waals surface area (Å²) in [6.07, 6.45) is 2.84. The van der Waals surface area contributed by atoms with Gasteiger partial charge < -0.3 is 24.8 Å². The molecular formula is C17H27N5O2. The van der Waals surface area contributed by atoms with E-state index in [1.54, 1.807) is 0 Å². The minimum Gasteiger partial charge on any atom is -0.378 e. The van der Waals surface area contributed by atoms with Crippen molar-refractivity contribution in [1.82, 2.24) is 20.1 Å². The zero-order valence-electron chi connectivity index (χ0n) is 14.4.